The molecule has 0 bridgehead atoms. The Morgan fingerprint density at radius 2 is 1.94 bits per heavy atom. The first kappa shape index (κ1) is 25.1. The highest BCUT2D eigenvalue weighted by atomic mass is 19.4. The smallest absolute Gasteiger partial charge is 0.362 e. The van der Waals surface area contributed by atoms with Crippen LogP contribution in [0.4, 0.5) is 13.2 Å². The van der Waals surface area contributed by atoms with Crippen molar-refractivity contribution in [2.24, 2.45) is 0 Å². The highest BCUT2D eigenvalue weighted by Gasteiger charge is 2.38. The molecule has 180 valence electrons. The van der Waals surface area contributed by atoms with E-state index in [9.17, 15) is 22.8 Å². The molecule has 2 amide bonds. The number of likely N-dealkylation sites (tertiary alicyclic amines) is 1. The highest BCUT2D eigenvalue weighted by molar-refractivity contribution is 5.96. The van der Waals surface area contributed by atoms with Gasteiger partial charge in [0.15, 0.2) is 0 Å². The lowest BCUT2D eigenvalue weighted by atomic mass is 9.94. The molecular formula is C24H30F3N3O3. The van der Waals surface area contributed by atoms with Crippen molar-refractivity contribution in [3.05, 3.63) is 35.4 Å². The van der Waals surface area contributed by atoms with Crippen LogP contribution in [-0.4, -0.2) is 61.1 Å². The maximum absolute atomic E-state index is 12.9. The van der Waals surface area contributed by atoms with E-state index in [2.05, 4.69) is 27.4 Å². The molecule has 9 heteroatoms. The monoisotopic (exact) mass is 465 g/mol. The molecule has 33 heavy (non-hydrogen) atoms. The molecule has 2 fully saturated rings. The van der Waals surface area contributed by atoms with E-state index in [1.165, 1.54) is 25.3 Å². The first-order valence-electron chi connectivity index (χ1n) is 11.3. The van der Waals surface area contributed by atoms with Crippen molar-refractivity contribution in [1.29, 1.82) is 0 Å². The molecule has 3 rings (SSSR count). The van der Waals surface area contributed by atoms with E-state index >= 15 is 0 Å². The number of ether oxygens (including phenoxy) is 1. The average Bonchev–Trinajstić information content (AvgIpc) is 3.20. The summed E-state index contributed by atoms with van der Waals surface area (Å²) < 4.78 is 44.5. The number of nitrogens with zero attached hydrogens (tertiary/aromatic N) is 1. The van der Waals surface area contributed by atoms with Gasteiger partial charge in [0.05, 0.1) is 24.3 Å². The topological polar surface area (TPSA) is 70.7 Å². The molecule has 0 radical (unpaired) electrons. The number of nitrogens with one attached hydrogen (secondary N) is 2. The number of carbonyl (C=O) groups excluding carboxylic acids is 2. The van der Waals surface area contributed by atoms with Crippen molar-refractivity contribution in [3.63, 3.8) is 0 Å². The first-order valence-corrected chi connectivity index (χ1v) is 11.3. The third-order valence-corrected chi connectivity index (χ3v) is 6.14. The predicted molar refractivity (Wildman–Crippen MR) is 117 cm³/mol. The van der Waals surface area contributed by atoms with Crippen molar-refractivity contribution >= 4 is 11.8 Å². The second kappa shape index (κ2) is 11.5. The third kappa shape index (κ3) is 7.21. The molecular weight excluding hydrogens is 435 g/mol. The molecule has 1 heterocycles. The molecule has 2 atom stereocenters. The van der Waals surface area contributed by atoms with Gasteiger partial charge in [-0.2, -0.15) is 13.2 Å². The van der Waals surface area contributed by atoms with Gasteiger partial charge in [-0.25, -0.2) is 0 Å². The van der Waals surface area contributed by atoms with Crippen LogP contribution in [0.1, 0.15) is 54.9 Å². The fourth-order valence-electron chi connectivity index (χ4n) is 4.43. The van der Waals surface area contributed by atoms with Crippen molar-refractivity contribution < 1.29 is 27.5 Å². The molecule has 1 aliphatic carbocycles. The molecule has 0 unspecified atom stereocenters. The van der Waals surface area contributed by atoms with Gasteiger partial charge in [-0.05, 0) is 38.0 Å². The SMILES string of the molecule is CC#CCO[C@@H]1CN(C2CCCCC2)C[C@@H]1NC(=O)CNC(=O)c1cccc(C(F)(F)F)c1. The molecule has 1 saturated heterocycles. The van der Waals surface area contributed by atoms with Crippen LogP contribution in [-0.2, 0) is 15.7 Å². The summed E-state index contributed by atoms with van der Waals surface area (Å²) in [7, 11) is 0. The zero-order chi connectivity index (χ0) is 23.8. The van der Waals surface area contributed by atoms with Gasteiger partial charge in [0.2, 0.25) is 5.91 Å². The highest BCUT2D eigenvalue weighted by Crippen LogP contribution is 2.29. The van der Waals surface area contributed by atoms with Gasteiger partial charge in [-0.1, -0.05) is 31.2 Å². The van der Waals surface area contributed by atoms with E-state index in [0.717, 1.165) is 31.0 Å². The summed E-state index contributed by atoms with van der Waals surface area (Å²) in [5, 5.41) is 5.32. The van der Waals surface area contributed by atoms with Crippen molar-refractivity contribution in [1.82, 2.24) is 15.5 Å². The van der Waals surface area contributed by atoms with Crippen molar-refractivity contribution in [2.45, 2.75) is 63.4 Å². The molecule has 2 aliphatic rings. The Labute approximate surface area is 192 Å². The second-order valence-electron chi connectivity index (χ2n) is 8.46. The summed E-state index contributed by atoms with van der Waals surface area (Å²) in [6.45, 7) is 3.04. The van der Waals surface area contributed by atoms with Crippen LogP contribution in [0, 0.1) is 11.8 Å². The van der Waals surface area contributed by atoms with E-state index in [1.54, 1.807) is 6.92 Å². The summed E-state index contributed by atoms with van der Waals surface area (Å²) >= 11 is 0. The minimum atomic E-state index is -4.54. The van der Waals surface area contributed by atoms with Gasteiger partial charge in [-0.3, -0.25) is 14.5 Å². The molecule has 6 nitrogen and oxygen atoms in total. The normalized spacial score (nSPS) is 21.8. The van der Waals surface area contributed by atoms with Gasteiger partial charge >= 0.3 is 6.18 Å². The molecule has 1 saturated carbocycles. The van der Waals surface area contributed by atoms with E-state index in [-0.39, 0.29) is 30.9 Å². The zero-order valence-corrected chi connectivity index (χ0v) is 18.7. The van der Waals surface area contributed by atoms with E-state index in [1.807, 2.05) is 0 Å². The Balaban J connectivity index is 1.55. The van der Waals surface area contributed by atoms with Crippen molar-refractivity contribution in [3.8, 4) is 11.8 Å². The summed E-state index contributed by atoms with van der Waals surface area (Å²) in [5.74, 6) is 4.51. The molecule has 0 spiro atoms. The Morgan fingerprint density at radius 1 is 1.18 bits per heavy atom. The summed E-state index contributed by atoms with van der Waals surface area (Å²) in [6, 6.07) is 4.33. The zero-order valence-electron chi connectivity index (χ0n) is 18.7. The van der Waals surface area contributed by atoms with Gasteiger partial charge in [0.1, 0.15) is 6.61 Å². The van der Waals surface area contributed by atoms with E-state index in [4.69, 9.17) is 4.74 Å². The van der Waals surface area contributed by atoms with Gasteiger partial charge < -0.3 is 15.4 Å². The van der Waals surface area contributed by atoms with Crippen LogP contribution in [0.3, 0.4) is 0 Å². The fraction of sp³-hybridized carbons (Fsp3) is 0.583. The van der Waals surface area contributed by atoms with Gasteiger partial charge in [0, 0.05) is 24.7 Å². The Hall–Kier alpha value is -2.57. The lowest BCUT2D eigenvalue weighted by Crippen LogP contribution is -2.48. The Bertz CT molecular complexity index is 888. The summed E-state index contributed by atoms with van der Waals surface area (Å²) in [6.07, 6.45) is 1.17. The molecule has 1 aromatic carbocycles. The number of halogens is 3. The number of alkyl halides is 3. The Morgan fingerprint density at radius 3 is 2.64 bits per heavy atom. The Kier molecular flexibility index (Phi) is 8.75. The molecule has 1 aromatic rings. The average molecular weight is 466 g/mol. The maximum Gasteiger partial charge on any atom is 0.416 e. The van der Waals surface area contributed by atoms with Crippen LogP contribution >= 0.6 is 0 Å². The first-order chi connectivity index (χ1) is 15.8. The summed E-state index contributed by atoms with van der Waals surface area (Å²) in [5.41, 5.74) is -1.06. The standard InChI is InChI=1S/C24H30F3N3O3/c1-2-3-12-33-21-16-30(19-10-5-4-6-11-19)15-20(21)29-22(31)14-28-23(32)17-8-7-9-18(13-17)24(25,26)27/h7-9,13,19-21H,4-6,10-12,14-16H2,1H3,(H,28,32)(H,29,31)/t20-,21+/m0/s1. The van der Waals surface area contributed by atoms with Crippen LogP contribution in [0.25, 0.3) is 0 Å². The van der Waals surface area contributed by atoms with Gasteiger partial charge in [-0.15, -0.1) is 5.92 Å². The fourth-order valence-corrected chi connectivity index (χ4v) is 4.43. The second-order valence-corrected chi connectivity index (χ2v) is 8.46. The predicted octanol–water partition coefficient (Wildman–Crippen LogP) is 2.98. The van der Waals surface area contributed by atoms with E-state index < -0.39 is 23.6 Å². The van der Waals surface area contributed by atoms with Gasteiger partial charge in [0.25, 0.3) is 5.91 Å². The number of hydrogen-bond donors (Lipinski definition) is 2. The number of amides is 2. The lowest BCUT2D eigenvalue weighted by Gasteiger charge is -2.30. The largest absolute Gasteiger partial charge is 0.416 e. The lowest BCUT2D eigenvalue weighted by molar-refractivity contribution is -0.137. The third-order valence-electron chi connectivity index (χ3n) is 6.14. The minimum absolute atomic E-state index is 0.152. The van der Waals surface area contributed by atoms with Crippen LogP contribution in [0.2, 0.25) is 0 Å². The molecule has 0 aromatic heterocycles. The maximum atomic E-state index is 12.9. The van der Waals surface area contributed by atoms with Crippen LogP contribution in [0.15, 0.2) is 24.3 Å². The summed E-state index contributed by atoms with van der Waals surface area (Å²) in [4.78, 5) is 27.1. The van der Waals surface area contributed by atoms with Crippen LogP contribution < -0.4 is 10.6 Å². The number of benzene rings is 1. The number of rotatable bonds is 7. The number of carbonyl (C=O) groups is 2. The quantitative estimate of drug-likeness (QED) is 0.608. The van der Waals surface area contributed by atoms with Crippen molar-refractivity contribution in [2.75, 3.05) is 26.2 Å². The molecule has 2 N–H and O–H groups in total. The number of hydrogen-bond acceptors (Lipinski definition) is 4. The molecule has 1 aliphatic heterocycles. The van der Waals surface area contributed by atoms with Crippen LogP contribution in [0.5, 0.6) is 0 Å². The minimum Gasteiger partial charge on any atom is -0.362 e. The van der Waals surface area contributed by atoms with E-state index in [0.29, 0.717) is 19.1 Å².